The third-order valence-corrected chi connectivity index (χ3v) is 8.35. The number of anilines is 1. The monoisotopic (exact) mass is 473 g/mol. The first-order valence-corrected chi connectivity index (χ1v) is 13.2. The zero-order valence-electron chi connectivity index (χ0n) is 18.0. The number of piperidine rings is 1. The molecule has 2 heterocycles. The Balaban J connectivity index is 1.36. The lowest BCUT2D eigenvalue weighted by Crippen LogP contribution is -2.49. The van der Waals surface area contributed by atoms with Crippen LogP contribution in [0.2, 0.25) is 0 Å². The van der Waals surface area contributed by atoms with Crippen molar-refractivity contribution in [3.8, 4) is 0 Å². The van der Waals surface area contributed by atoms with Crippen molar-refractivity contribution in [1.29, 1.82) is 0 Å². The Hall–Kier alpha value is -2.36. The molecule has 2 aliphatic rings. The summed E-state index contributed by atoms with van der Waals surface area (Å²) >= 11 is 1.49. The molecule has 170 valence electrons. The van der Waals surface area contributed by atoms with Gasteiger partial charge in [0, 0.05) is 24.5 Å². The molecule has 7 nitrogen and oxygen atoms in total. The highest BCUT2D eigenvalue weighted by Crippen LogP contribution is 2.34. The molecule has 2 amide bonds. The molecule has 0 bridgehead atoms. The van der Waals surface area contributed by atoms with Gasteiger partial charge in [-0.3, -0.25) is 9.59 Å². The van der Waals surface area contributed by atoms with Gasteiger partial charge in [-0.15, -0.1) is 11.8 Å². The van der Waals surface area contributed by atoms with E-state index in [0.717, 1.165) is 29.0 Å². The predicted molar refractivity (Wildman–Crippen MR) is 125 cm³/mol. The number of rotatable bonds is 6. The first-order chi connectivity index (χ1) is 15.3. The molecule has 4 rings (SSSR count). The van der Waals surface area contributed by atoms with E-state index in [-0.39, 0.29) is 35.7 Å². The van der Waals surface area contributed by atoms with Crippen molar-refractivity contribution < 1.29 is 18.0 Å². The van der Waals surface area contributed by atoms with E-state index in [9.17, 15) is 18.0 Å². The van der Waals surface area contributed by atoms with Crippen molar-refractivity contribution in [1.82, 2.24) is 9.62 Å². The van der Waals surface area contributed by atoms with Gasteiger partial charge in [-0.25, -0.2) is 13.1 Å². The highest BCUT2D eigenvalue weighted by atomic mass is 32.2. The summed E-state index contributed by atoms with van der Waals surface area (Å²) in [5.41, 5.74) is 1.78. The number of nitrogens with zero attached hydrogens (tertiary/aromatic N) is 2. The third kappa shape index (κ3) is 5.16. The van der Waals surface area contributed by atoms with Crippen LogP contribution in [0.15, 0.2) is 58.3 Å². The maximum Gasteiger partial charge on any atom is 0.242 e. The number of para-hydroxylation sites is 1. The van der Waals surface area contributed by atoms with Crippen molar-refractivity contribution in [3.63, 3.8) is 0 Å². The summed E-state index contributed by atoms with van der Waals surface area (Å²) in [5, 5.41) is 0. The van der Waals surface area contributed by atoms with Gasteiger partial charge in [0.25, 0.3) is 0 Å². The standard InChI is InChI=1S/C23H27N3O4S2/c1-17-8-10-19(11-9-17)32(29,30)24-13-18-5-4-12-25(14-18)22(27)15-26-20-6-2-3-7-21(20)31-16-23(26)28/h2-3,6-11,18,24H,4-5,12-16H2,1H3. The number of likely N-dealkylation sites (tertiary alicyclic amines) is 1. The van der Waals surface area contributed by atoms with Crippen LogP contribution in [0.3, 0.4) is 0 Å². The summed E-state index contributed by atoms with van der Waals surface area (Å²) < 4.78 is 27.9. The van der Waals surface area contributed by atoms with Gasteiger partial charge >= 0.3 is 0 Å². The number of benzene rings is 2. The molecular weight excluding hydrogens is 446 g/mol. The van der Waals surface area contributed by atoms with E-state index < -0.39 is 10.0 Å². The second-order valence-electron chi connectivity index (χ2n) is 8.25. The summed E-state index contributed by atoms with van der Waals surface area (Å²) in [4.78, 5) is 30.0. The molecule has 0 radical (unpaired) electrons. The minimum atomic E-state index is -3.59. The minimum absolute atomic E-state index is 0.0121. The average molecular weight is 474 g/mol. The molecular formula is C23H27N3O4S2. The topological polar surface area (TPSA) is 86.8 Å². The number of sulfonamides is 1. The van der Waals surface area contributed by atoms with E-state index in [1.54, 1.807) is 34.1 Å². The zero-order chi connectivity index (χ0) is 22.7. The Kier molecular flexibility index (Phi) is 6.88. The number of fused-ring (bicyclic) bond motifs is 1. The fourth-order valence-corrected chi connectivity index (χ4v) is 6.10. The molecule has 1 N–H and O–H groups in total. The average Bonchev–Trinajstić information content (AvgIpc) is 2.80. The third-order valence-electron chi connectivity index (χ3n) is 5.87. The number of hydrogen-bond acceptors (Lipinski definition) is 5. The molecule has 1 saturated heterocycles. The number of nitrogens with one attached hydrogen (secondary N) is 1. The van der Waals surface area contributed by atoms with Crippen LogP contribution in [-0.2, 0) is 19.6 Å². The SMILES string of the molecule is Cc1ccc(S(=O)(=O)NCC2CCCN(C(=O)CN3C(=O)CSc4ccccc43)C2)cc1. The summed E-state index contributed by atoms with van der Waals surface area (Å²) in [6, 6.07) is 14.4. The van der Waals surface area contributed by atoms with Gasteiger partial charge in [0.05, 0.1) is 16.3 Å². The number of thioether (sulfide) groups is 1. The quantitative estimate of drug-likeness (QED) is 0.697. The molecule has 0 aromatic heterocycles. The molecule has 0 spiro atoms. The van der Waals surface area contributed by atoms with E-state index in [1.807, 2.05) is 31.2 Å². The lowest BCUT2D eigenvalue weighted by atomic mass is 9.98. The molecule has 1 fully saturated rings. The van der Waals surface area contributed by atoms with Crippen LogP contribution in [0.5, 0.6) is 0 Å². The number of hydrogen-bond donors (Lipinski definition) is 1. The van der Waals surface area contributed by atoms with Crippen LogP contribution in [0, 0.1) is 12.8 Å². The van der Waals surface area contributed by atoms with Crippen molar-refractivity contribution in [2.24, 2.45) is 5.92 Å². The van der Waals surface area contributed by atoms with Crippen LogP contribution in [-0.4, -0.2) is 57.1 Å². The van der Waals surface area contributed by atoms with Gasteiger partial charge in [-0.2, -0.15) is 0 Å². The van der Waals surface area contributed by atoms with Gasteiger partial charge in [0.15, 0.2) is 0 Å². The summed E-state index contributed by atoms with van der Waals surface area (Å²) in [6.07, 6.45) is 1.66. The molecule has 1 unspecified atom stereocenters. The Labute approximate surface area is 193 Å². The maximum absolute atomic E-state index is 13.0. The first-order valence-electron chi connectivity index (χ1n) is 10.7. The predicted octanol–water partition coefficient (Wildman–Crippen LogP) is 2.65. The summed E-state index contributed by atoms with van der Waals surface area (Å²) in [5.74, 6) is 0.189. The zero-order valence-corrected chi connectivity index (χ0v) is 19.6. The van der Waals surface area contributed by atoms with E-state index in [4.69, 9.17) is 0 Å². The van der Waals surface area contributed by atoms with Crippen molar-refractivity contribution in [2.45, 2.75) is 29.6 Å². The second kappa shape index (κ2) is 9.64. The molecule has 32 heavy (non-hydrogen) atoms. The van der Waals surface area contributed by atoms with Gasteiger partial charge in [0.1, 0.15) is 6.54 Å². The Bertz CT molecular complexity index is 1100. The summed E-state index contributed by atoms with van der Waals surface area (Å²) in [6.45, 7) is 3.30. The van der Waals surface area contributed by atoms with Gasteiger partial charge in [-0.05, 0) is 49.9 Å². The lowest BCUT2D eigenvalue weighted by molar-refractivity contribution is -0.132. The van der Waals surface area contributed by atoms with Crippen LogP contribution in [0.4, 0.5) is 5.69 Å². The van der Waals surface area contributed by atoms with Crippen LogP contribution in [0.25, 0.3) is 0 Å². The van der Waals surface area contributed by atoms with Crippen molar-refractivity contribution >= 4 is 39.3 Å². The number of aryl methyl sites for hydroxylation is 1. The normalized spacial score (nSPS) is 19.0. The molecule has 0 saturated carbocycles. The highest BCUT2D eigenvalue weighted by molar-refractivity contribution is 8.00. The Morgan fingerprint density at radius 1 is 1.16 bits per heavy atom. The molecule has 2 aliphatic heterocycles. The number of amides is 2. The van der Waals surface area contributed by atoms with Crippen molar-refractivity contribution in [3.05, 3.63) is 54.1 Å². The van der Waals surface area contributed by atoms with E-state index in [2.05, 4.69) is 4.72 Å². The van der Waals surface area contributed by atoms with Crippen molar-refractivity contribution in [2.75, 3.05) is 36.8 Å². The fourth-order valence-electron chi connectivity index (χ4n) is 4.05. The number of carbonyl (C=O) groups is 2. The molecule has 9 heteroatoms. The molecule has 2 aromatic rings. The summed E-state index contributed by atoms with van der Waals surface area (Å²) in [7, 11) is -3.59. The van der Waals surface area contributed by atoms with Crippen LogP contribution in [0.1, 0.15) is 18.4 Å². The van der Waals surface area contributed by atoms with Crippen LogP contribution < -0.4 is 9.62 Å². The van der Waals surface area contributed by atoms with Gasteiger partial charge in [-0.1, -0.05) is 29.8 Å². The highest BCUT2D eigenvalue weighted by Gasteiger charge is 2.30. The van der Waals surface area contributed by atoms with Gasteiger partial charge < -0.3 is 9.80 Å². The van der Waals surface area contributed by atoms with E-state index in [1.165, 1.54) is 11.8 Å². The largest absolute Gasteiger partial charge is 0.341 e. The molecule has 1 atom stereocenters. The Morgan fingerprint density at radius 2 is 1.91 bits per heavy atom. The second-order valence-corrected chi connectivity index (χ2v) is 11.0. The fraction of sp³-hybridized carbons (Fsp3) is 0.391. The molecule has 0 aliphatic carbocycles. The van der Waals surface area contributed by atoms with Crippen LogP contribution >= 0.6 is 11.8 Å². The first kappa shape index (κ1) is 22.8. The maximum atomic E-state index is 13.0. The molecule has 2 aromatic carbocycles. The lowest BCUT2D eigenvalue weighted by Gasteiger charge is -2.35. The Morgan fingerprint density at radius 3 is 2.69 bits per heavy atom. The van der Waals surface area contributed by atoms with E-state index in [0.29, 0.717) is 18.8 Å². The minimum Gasteiger partial charge on any atom is -0.341 e. The smallest absolute Gasteiger partial charge is 0.242 e. The number of carbonyl (C=O) groups excluding carboxylic acids is 2. The van der Waals surface area contributed by atoms with Gasteiger partial charge in [0.2, 0.25) is 21.8 Å². The van der Waals surface area contributed by atoms with E-state index >= 15 is 0 Å².